The lowest BCUT2D eigenvalue weighted by atomic mass is 10.2. The van der Waals surface area contributed by atoms with Crippen molar-refractivity contribution in [1.82, 2.24) is 9.97 Å². The Hall–Kier alpha value is -1.94. The monoisotopic (exact) mass is 242 g/mol. The first-order valence-electron chi connectivity index (χ1n) is 6.09. The smallest absolute Gasteiger partial charge is 0.151 e. The highest BCUT2D eigenvalue weighted by Gasteiger charge is 2.08. The molecule has 2 rings (SSSR count). The molecule has 0 atom stereocenters. The van der Waals surface area contributed by atoms with E-state index in [1.807, 2.05) is 0 Å². The molecule has 0 spiro atoms. The Bertz CT molecular complexity index is 507. The van der Waals surface area contributed by atoms with Crippen LogP contribution in [0.4, 0.5) is 11.5 Å². The zero-order chi connectivity index (χ0) is 13.0. The van der Waals surface area contributed by atoms with Gasteiger partial charge in [0.1, 0.15) is 0 Å². The molecule has 0 aliphatic rings. The quantitative estimate of drug-likeness (QED) is 0.894. The SMILES string of the molecule is CCN(c1cccc(C)c1)c1cnc(CN)cn1. The van der Waals surface area contributed by atoms with Gasteiger partial charge in [0.2, 0.25) is 0 Å². The summed E-state index contributed by atoms with van der Waals surface area (Å²) < 4.78 is 0. The van der Waals surface area contributed by atoms with Crippen molar-refractivity contribution in [2.45, 2.75) is 20.4 Å². The van der Waals surface area contributed by atoms with E-state index in [-0.39, 0.29) is 0 Å². The van der Waals surface area contributed by atoms with E-state index in [0.717, 1.165) is 23.7 Å². The fourth-order valence-electron chi connectivity index (χ4n) is 1.87. The van der Waals surface area contributed by atoms with E-state index in [1.54, 1.807) is 12.4 Å². The van der Waals surface area contributed by atoms with Gasteiger partial charge in [-0.2, -0.15) is 0 Å². The van der Waals surface area contributed by atoms with E-state index in [9.17, 15) is 0 Å². The molecular formula is C14H18N4. The molecule has 0 aliphatic carbocycles. The summed E-state index contributed by atoms with van der Waals surface area (Å²) in [5, 5.41) is 0. The van der Waals surface area contributed by atoms with E-state index < -0.39 is 0 Å². The van der Waals surface area contributed by atoms with Gasteiger partial charge in [-0.15, -0.1) is 0 Å². The van der Waals surface area contributed by atoms with Crippen molar-refractivity contribution in [3.63, 3.8) is 0 Å². The van der Waals surface area contributed by atoms with Gasteiger partial charge in [-0.05, 0) is 31.5 Å². The van der Waals surface area contributed by atoms with E-state index in [2.05, 4.69) is 53.0 Å². The highest BCUT2D eigenvalue weighted by Crippen LogP contribution is 2.23. The van der Waals surface area contributed by atoms with Crippen LogP contribution in [0.5, 0.6) is 0 Å². The molecule has 4 heteroatoms. The second-order valence-electron chi connectivity index (χ2n) is 4.15. The maximum atomic E-state index is 5.52. The zero-order valence-corrected chi connectivity index (χ0v) is 10.8. The Morgan fingerprint density at radius 1 is 1.22 bits per heavy atom. The second-order valence-corrected chi connectivity index (χ2v) is 4.15. The maximum Gasteiger partial charge on any atom is 0.151 e. The Morgan fingerprint density at radius 3 is 2.61 bits per heavy atom. The molecule has 0 fully saturated rings. The minimum absolute atomic E-state index is 0.420. The van der Waals surface area contributed by atoms with Crippen LogP contribution in [0.2, 0.25) is 0 Å². The molecule has 2 aromatic rings. The minimum Gasteiger partial charge on any atom is -0.325 e. The van der Waals surface area contributed by atoms with E-state index in [4.69, 9.17) is 5.73 Å². The van der Waals surface area contributed by atoms with Crippen LogP contribution < -0.4 is 10.6 Å². The lowest BCUT2D eigenvalue weighted by Crippen LogP contribution is -2.18. The van der Waals surface area contributed by atoms with E-state index in [1.165, 1.54) is 5.56 Å². The van der Waals surface area contributed by atoms with Crippen LogP contribution in [0.3, 0.4) is 0 Å². The van der Waals surface area contributed by atoms with Crippen LogP contribution in [-0.4, -0.2) is 16.5 Å². The molecular weight excluding hydrogens is 224 g/mol. The Labute approximate surface area is 107 Å². The average molecular weight is 242 g/mol. The molecule has 1 aromatic heterocycles. The van der Waals surface area contributed by atoms with Crippen LogP contribution >= 0.6 is 0 Å². The number of benzene rings is 1. The fourth-order valence-corrected chi connectivity index (χ4v) is 1.87. The molecule has 94 valence electrons. The standard InChI is InChI=1S/C14H18N4/c1-3-18(13-6-4-5-11(2)7-13)14-10-16-12(8-15)9-17-14/h4-7,9-10H,3,8,15H2,1-2H3. The predicted octanol–water partition coefficient (Wildman–Crippen LogP) is 2.40. The van der Waals surface area contributed by atoms with Gasteiger partial charge in [-0.3, -0.25) is 4.98 Å². The Balaban J connectivity index is 2.32. The van der Waals surface area contributed by atoms with Crippen molar-refractivity contribution < 1.29 is 0 Å². The van der Waals surface area contributed by atoms with Gasteiger partial charge in [0.05, 0.1) is 18.1 Å². The molecule has 0 unspecified atom stereocenters. The molecule has 1 aromatic carbocycles. The molecule has 0 aliphatic heterocycles. The van der Waals surface area contributed by atoms with Crippen molar-refractivity contribution in [2.24, 2.45) is 5.73 Å². The summed E-state index contributed by atoms with van der Waals surface area (Å²) in [7, 11) is 0. The molecule has 4 nitrogen and oxygen atoms in total. The predicted molar refractivity (Wildman–Crippen MR) is 73.8 cm³/mol. The van der Waals surface area contributed by atoms with E-state index >= 15 is 0 Å². The number of hydrogen-bond acceptors (Lipinski definition) is 4. The van der Waals surface area contributed by atoms with Crippen molar-refractivity contribution >= 4 is 11.5 Å². The number of nitrogens with two attached hydrogens (primary N) is 1. The average Bonchev–Trinajstić information content (AvgIpc) is 2.40. The van der Waals surface area contributed by atoms with Crippen LogP contribution in [0.25, 0.3) is 0 Å². The second kappa shape index (κ2) is 5.60. The molecule has 0 radical (unpaired) electrons. The van der Waals surface area contributed by atoms with Crippen molar-refractivity contribution in [1.29, 1.82) is 0 Å². The highest BCUT2D eigenvalue weighted by atomic mass is 15.2. The van der Waals surface area contributed by atoms with Crippen LogP contribution in [0.15, 0.2) is 36.7 Å². The summed E-state index contributed by atoms with van der Waals surface area (Å²) in [6.45, 7) is 5.45. The largest absolute Gasteiger partial charge is 0.325 e. The van der Waals surface area contributed by atoms with Gasteiger partial charge in [-0.1, -0.05) is 12.1 Å². The van der Waals surface area contributed by atoms with Gasteiger partial charge in [0.15, 0.2) is 5.82 Å². The number of hydrogen-bond donors (Lipinski definition) is 1. The molecule has 2 N–H and O–H groups in total. The third kappa shape index (κ3) is 2.65. The van der Waals surface area contributed by atoms with Crippen LogP contribution in [0, 0.1) is 6.92 Å². The molecule has 0 amide bonds. The Kier molecular flexibility index (Phi) is 3.89. The maximum absolute atomic E-state index is 5.52. The first kappa shape index (κ1) is 12.5. The zero-order valence-electron chi connectivity index (χ0n) is 10.8. The fraction of sp³-hybridized carbons (Fsp3) is 0.286. The molecule has 0 saturated heterocycles. The van der Waals surface area contributed by atoms with Crippen molar-refractivity contribution in [2.75, 3.05) is 11.4 Å². The van der Waals surface area contributed by atoms with Gasteiger partial charge >= 0.3 is 0 Å². The summed E-state index contributed by atoms with van der Waals surface area (Å²) in [5.74, 6) is 0.848. The summed E-state index contributed by atoms with van der Waals surface area (Å²) in [6.07, 6.45) is 3.50. The third-order valence-corrected chi connectivity index (χ3v) is 2.81. The summed E-state index contributed by atoms with van der Waals surface area (Å²) in [6, 6.07) is 8.35. The minimum atomic E-state index is 0.420. The number of aromatic nitrogens is 2. The Morgan fingerprint density at radius 2 is 2.06 bits per heavy atom. The lowest BCUT2D eigenvalue weighted by Gasteiger charge is -2.22. The van der Waals surface area contributed by atoms with Gasteiger partial charge in [0.25, 0.3) is 0 Å². The van der Waals surface area contributed by atoms with Crippen molar-refractivity contribution in [3.8, 4) is 0 Å². The topological polar surface area (TPSA) is 55.0 Å². The highest BCUT2D eigenvalue weighted by molar-refractivity contribution is 5.59. The van der Waals surface area contributed by atoms with Gasteiger partial charge < -0.3 is 10.6 Å². The summed E-state index contributed by atoms with van der Waals surface area (Å²) in [4.78, 5) is 10.8. The van der Waals surface area contributed by atoms with Crippen LogP contribution in [-0.2, 0) is 6.54 Å². The number of anilines is 2. The summed E-state index contributed by atoms with van der Waals surface area (Å²) in [5.41, 5.74) is 8.69. The normalized spacial score (nSPS) is 10.4. The molecule has 0 bridgehead atoms. The first-order chi connectivity index (χ1) is 8.74. The number of nitrogens with zero attached hydrogens (tertiary/aromatic N) is 3. The third-order valence-electron chi connectivity index (χ3n) is 2.81. The first-order valence-corrected chi connectivity index (χ1v) is 6.09. The lowest BCUT2D eigenvalue weighted by molar-refractivity contribution is 0.927. The number of aryl methyl sites for hydroxylation is 1. The van der Waals surface area contributed by atoms with Crippen molar-refractivity contribution in [3.05, 3.63) is 47.9 Å². The van der Waals surface area contributed by atoms with Gasteiger partial charge in [-0.25, -0.2) is 4.98 Å². The van der Waals surface area contributed by atoms with Crippen LogP contribution in [0.1, 0.15) is 18.2 Å². The van der Waals surface area contributed by atoms with Gasteiger partial charge in [0, 0.05) is 18.8 Å². The molecule has 1 heterocycles. The molecule has 18 heavy (non-hydrogen) atoms. The van der Waals surface area contributed by atoms with E-state index in [0.29, 0.717) is 6.54 Å². The molecule has 0 saturated carbocycles. The number of rotatable bonds is 4. The summed E-state index contributed by atoms with van der Waals surface area (Å²) >= 11 is 0.